The van der Waals surface area contributed by atoms with Crippen molar-refractivity contribution in [1.82, 2.24) is 4.31 Å². The van der Waals surface area contributed by atoms with E-state index < -0.39 is 10.0 Å². The number of aryl methyl sites for hydroxylation is 1. The summed E-state index contributed by atoms with van der Waals surface area (Å²) in [5, 5.41) is 0. The summed E-state index contributed by atoms with van der Waals surface area (Å²) < 4.78 is 32.0. The van der Waals surface area contributed by atoms with Crippen molar-refractivity contribution in [2.45, 2.75) is 18.2 Å². The lowest BCUT2D eigenvalue weighted by atomic mass is 10.0. The van der Waals surface area contributed by atoms with E-state index in [1.807, 2.05) is 49.4 Å². The lowest BCUT2D eigenvalue weighted by Gasteiger charge is -2.18. The summed E-state index contributed by atoms with van der Waals surface area (Å²) in [5.74, 6) is 1.00. The molecule has 1 aliphatic rings. The first-order valence-electron chi connectivity index (χ1n) is 7.89. The van der Waals surface area contributed by atoms with Crippen LogP contribution in [0.5, 0.6) is 5.75 Å². The van der Waals surface area contributed by atoms with Gasteiger partial charge in [0, 0.05) is 18.7 Å². The molecule has 0 radical (unpaired) electrons. The molecule has 0 N–H and O–H groups in total. The molecule has 0 saturated heterocycles. The number of rotatable bonds is 5. The van der Waals surface area contributed by atoms with Crippen LogP contribution in [0.15, 0.2) is 65.7 Å². The maximum Gasteiger partial charge on any atom is 0.263 e. The van der Waals surface area contributed by atoms with Crippen LogP contribution < -0.4 is 4.74 Å². The molecule has 2 aromatic carbocycles. The summed E-state index contributed by atoms with van der Waals surface area (Å²) in [6, 6.07) is 14.9. The van der Waals surface area contributed by atoms with Crippen molar-refractivity contribution in [1.29, 1.82) is 0 Å². The number of hydrogen-bond donors (Lipinski definition) is 0. The lowest BCUT2D eigenvalue weighted by molar-refractivity contribution is 0.414. The number of hydrogen-bond acceptors (Lipinski definition) is 3. The maximum absolute atomic E-state index is 12.7. The van der Waals surface area contributed by atoms with Crippen molar-refractivity contribution in [3.63, 3.8) is 0 Å². The number of benzene rings is 2. The Hall–Kier alpha value is -2.27. The highest BCUT2D eigenvalue weighted by molar-refractivity contribution is 7.89. The third kappa shape index (κ3) is 3.46. The Kier molecular flexibility index (Phi) is 4.62. The van der Waals surface area contributed by atoms with Crippen LogP contribution in [0.2, 0.25) is 0 Å². The predicted molar refractivity (Wildman–Crippen MR) is 94.4 cm³/mol. The smallest absolute Gasteiger partial charge is 0.263 e. The third-order valence-electron chi connectivity index (χ3n) is 4.22. The SMILES string of the molecule is COc1ccc(CC2C=CN(S(=O)(=O)c3ccc(C)cc3)C2)cc1. The molecule has 1 atom stereocenters. The monoisotopic (exact) mass is 343 g/mol. The molecule has 1 heterocycles. The first-order chi connectivity index (χ1) is 11.5. The van der Waals surface area contributed by atoms with E-state index in [0.29, 0.717) is 11.4 Å². The van der Waals surface area contributed by atoms with E-state index in [1.54, 1.807) is 25.4 Å². The molecular formula is C19H21NO3S. The largest absolute Gasteiger partial charge is 0.497 e. The van der Waals surface area contributed by atoms with Gasteiger partial charge in [-0.2, -0.15) is 0 Å². The van der Waals surface area contributed by atoms with Crippen LogP contribution in [0.1, 0.15) is 11.1 Å². The van der Waals surface area contributed by atoms with Crippen LogP contribution in [-0.2, 0) is 16.4 Å². The molecule has 0 amide bonds. The number of methoxy groups -OCH3 is 1. The number of ether oxygens (including phenoxy) is 1. The van der Waals surface area contributed by atoms with Crippen molar-refractivity contribution < 1.29 is 13.2 Å². The first-order valence-corrected chi connectivity index (χ1v) is 9.33. The van der Waals surface area contributed by atoms with Crippen LogP contribution in [0.3, 0.4) is 0 Å². The summed E-state index contributed by atoms with van der Waals surface area (Å²) >= 11 is 0. The fraction of sp³-hybridized carbons (Fsp3) is 0.263. The second kappa shape index (κ2) is 6.69. The third-order valence-corrected chi connectivity index (χ3v) is 5.98. The normalized spacial score (nSPS) is 17.2. The van der Waals surface area contributed by atoms with Crippen LogP contribution in [0, 0.1) is 12.8 Å². The molecule has 2 aromatic rings. The van der Waals surface area contributed by atoms with Gasteiger partial charge in [0.15, 0.2) is 0 Å². The minimum absolute atomic E-state index is 0.179. The van der Waals surface area contributed by atoms with Crippen molar-refractivity contribution in [2.75, 3.05) is 13.7 Å². The highest BCUT2D eigenvalue weighted by Gasteiger charge is 2.27. The van der Waals surface area contributed by atoms with E-state index >= 15 is 0 Å². The van der Waals surface area contributed by atoms with Crippen LogP contribution in [0.4, 0.5) is 0 Å². The summed E-state index contributed by atoms with van der Waals surface area (Å²) in [6.45, 7) is 2.42. The topological polar surface area (TPSA) is 46.6 Å². The fourth-order valence-corrected chi connectivity index (χ4v) is 4.16. The maximum atomic E-state index is 12.7. The summed E-state index contributed by atoms with van der Waals surface area (Å²) in [5.41, 5.74) is 2.21. The zero-order valence-corrected chi connectivity index (χ0v) is 14.7. The van der Waals surface area contributed by atoms with Gasteiger partial charge in [-0.15, -0.1) is 0 Å². The van der Waals surface area contributed by atoms with E-state index in [-0.39, 0.29) is 5.92 Å². The average molecular weight is 343 g/mol. The Balaban J connectivity index is 1.68. The van der Waals surface area contributed by atoms with E-state index in [9.17, 15) is 8.42 Å². The van der Waals surface area contributed by atoms with Gasteiger partial charge in [0.05, 0.1) is 12.0 Å². The highest BCUT2D eigenvalue weighted by atomic mass is 32.2. The van der Waals surface area contributed by atoms with E-state index in [0.717, 1.165) is 17.7 Å². The van der Waals surface area contributed by atoms with E-state index in [4.69, 9.17) is 4.74 Å². The zero-order valence-electron chi connectivity index (χ0n) is 13.8. The second-order valence-corrected chi connectivity index (χ2v) is 7.93. The Labute approximate surface area is 143 Å². The summed E-state index contributed by atoms with van der Waals surface area (Å²) in [7, 11) is -1.82. The number of sulfonamides is 1. The van der Waals surface area contributed by atoms with Gasteiger partial charge in [-0.1, -0.05) is 35.9 Å². The highest BCUT2D eigenvalue weighted by Crippen LogP contribution is 2.25. The molecule has 0 saturated carbocycles. The van der Waals surface area contributed by atoms with Crippen LogP contribution in [0.25, 0.3) is 0 Å². The standard InChI is InChI=1S/C19H21NO3S/c1-15-3-9-19(10-4-15)24(21,22)20-12-11-17(14-20)13-16-5-7-18(23-2)8-6-16/h3-12,17H,13-14H2,1-2H3. The fourth-order valence-electron chi connectivity index (χ4n) is 2.79. The lowest BCUT2D eigenvalue weighted by Crippen LogP contribution is -2.27. The van der Waals surface area contributed by atoms with Crippen LogP contribution in [-0.4, -0.2) is 26.4 Å². The molecule has 0 aromatic heterocycles. The Bertz CT molecular complexity index is 824. The van der Waals surface area contributed by atoms with Crippen molar-refractivity contribution >= 4 is 10.0 Å². The summed E-state index contributed by atoms with van der Waals surface area (Å²) in [4.78, 5) is 0.336. The first kappa shape index (κ1) is 16.6. The molecule has 0 fully saturated rings. The molecule has 4 nitrogen and oxygen atoms in total. The van der Waals surface area contributed by atoms with Gasteiger partial charge in [-0.25, -0.2) is 8.42 Å². The molecule has 0 aliphatic carbocycles. The van der Waals surface area contributed by atoms with Gasteiger partial charge in [0.1, 0.15) is 5.75 Å². The van der Waals surface area contributed by atoms with Gasteiger partial charge in [0.2, 0.25) is 0 Å². The van der Waals surface area contributed by atoms with Gasteiger partial charge in [-0.3, -0.25) is 4.31 Å². The van der Waals surface area contributed by atoms with Crippen molar-refractivity contribution in [3.05, 3.63) is 71.9 Å². The van der Waals surface area contributed by atoms with Gasteiger partial charge < -0.3 is 4.74 Å². The van der Waals surface area contributed by atoms with E-state index in [1.165, 1.54) is 9.87 Å². The molecule has 0 bridgehead atoms. The Morgan fingerprint density at radius 1 is 1.08 bits per heavy atom. The average Bonchev–Trinajstić information content (AvgIpc) is 3.05. The van der Waals surface area contributed by atoms with Crippen molar-refractivity contribution in [2.24, 2.45) is 5.92 Å². The molecule has 24 heavy (non-hydrogen) atoms. The van der Waals surface area contributed by atoms with E-state index in [2.05, 4.69) is 0 Å². The Morgan fingerprint density at radius 2 is 1.75 bits per heavy atom. The molecule has 1 unspecified atom stereocenters. The molecular weight excluding hydrogens is 322 g/mol. The minimum atomic E-state index is -3.46. The van der Waals surface area contributed by atoms with Crippen molar-refractivity contribution in [3.8, 4) is 5.75 Å². The van der Waals surface area contributed by atoms with Gasteiger partial charge in [0.25, 0.3) is 10.0 Å². The van der Waals surface area contributed by atoms with Crippen LogP contribution >= 0.6 is 0 Å². The molecule has 5 heteroatoms. The second-order valence-electron chi connectivity index (χ2n) is 6.04. The van der Waals surface area contributed by atoms with Gasteiger partial charge >= 0.3 is 0 Å². The molecule has 0 spiro atoms. The van der Waals surface area contributed by atoms with Gasteiger partial charge in [-0.05, 0) is 43.2 Å². The zero-order chi connectivity index (χ0) is 17.2. The predicted octanol–water partition coefficient (Wildman–Crippen LogP) is 3.38. The molecule has 126 valence electrons. The quantitative estimate of drug-likeness (QED) is 0.836. The number of nitrogens with zero attached hydrogens (tertiary/aromatic N) is 1. The minimum Gasteiger partial charge on any atom is -0.497 e. The summed E-state index contributed by atoms with van der Waals surface area (Å²) in [6.07, 6.45) is 4.46. The molecule has 3 rings (SSSR count). The molecule has 1 aliphatic heterocycles. The Morgan fingerprint density at radius 3 is 2.38 bits per heavy atom.